The zero-order valence-corrected chi connectivity index (χ0v) is 20.5. The minimum atomic E-state index is -3.47. The molecule has 9 heteroatoms. The second-order valence-electron chi connectivity index (χ2n) is 8.67. The van der Waals surface area contributed by atoms with Gasteiger partial charge in [-0.15, -0.1) is 11.3 Å². The number of sulfonamides is 1. The SMILES string of the molecule is CC(c1nc2ccccc2s1)N1CCN(Cc2cccc(S(=O)(=O)N3CCOCC3)c2)CC1. The Hall–Kier alpha value is -1.88. The monoisotopic (exact) mass is 486 g/mol. The first kappa shape index (κ1) is 22.9. The van der Waals surface area contributed by atoms with Crippen LogP contribution in [0.2, 0.25) is 0 Å². The van der Waals surface area contributed by atoms with Gasteiger partial charge < -0.3 is 4.74 Å². The van der Waals surface area contributed by atoms with E-state index in [1.54, 1.807) is 17.4 Å². The largest absolute Gasteiger partial charge is 0.379 e. The van der Waals surface area contributed by atoms with Gasteiger partial charge in [-0.2, -0.15) is 4.31 Å². The molecule has 176 valence electrons. The fourth-order valence-electron chi connectivity index (χ4n) is 4.53. The molecule has 0 amide bonds. The highest BCUT2D eigenvalue weighted by Crippen LogP contribution is 2.30. The highest BCUT2D eigenvalue weighted by molar-refractivity contribution is 7.89. The minimum Gasteiger partial charge on any atom is -0.379 e. The third kappa shape index (κ3) is 4.99. The molecule has 1 atom stereocenters. The van der Waals surface area contributed by atoms with Gasteiger partial charge >= 0.3 is 0 Å². The molecule has 1 aromatic heterocycles. The van der Waals surface area contributed by atoms with Crippen molar-refractivity contribution < 1.29 is 13.2 Å². The maximum Gasteiger partial charge on any atom is 0.243 e. The lowest BCUT2D eigenvalue weighted by Crippen LogP contribution is -2.46. The van der Waals surface area contributed by atoms with E-state index < -0.39 is 10.0 Å². The summed E-state index contributed by atoms with van der Waals surface area (Å²) >= 11 is 1.78. The Balaban J connectivity index is 1.20. The molecule has 2 fully saturated rings. The van der Waals surface area contributed by atoms with Crippen molar-refractivity contribution >= 4 is 31.6 Å². The highest BCUT2D eigenvalue weighted by atomic mass is 32.2. The van der Waals surface area contributed by atoms with E-state index in [1.807, 2.05) is 24.3 Å². The van der Waals surface area contributed by atoms with Gasteiger partial charge in [0.15, 0.2) is 0 Å². The molecular weight excluding hydrogens is 456 g/mol. The number of hydrogen-bond donors (Lipinski definition) is 0. The van der Waals surface area contributed by atoms with Crippen LogP contribution in [0.1, 0.15) is 23.5 Å². The van der Waals surface area contributed by atoms with E-state index in [0.29, 0.717) is 37.2 Å². The standard InChI is InChI=1S/C24H30N4O3S2/c1-19(24-25-22-7-2-3-8-23(22)32-24)27-11-9-26(10-12-27)18-20-5-4-6-21(17-20)33(29,30)28-13-15-31-16-14-28/h2-8,17,19H,9-16,18H2,1H3. The van der Waals surface area contributed by atoms with Gasteiger partial charge in [-0.05, 0) is 36.8 Å². The Morgan fingerprint density at radius 3 is 2.52 bits per heavy atom. The van der Waals surface area contributed by atoms with E-state index in [-0.39, 0.29) is 0 Å². The van der Waals surface area contributed by atoms with Crippen molar-refractivity contribution in [3.05, 3.63) is 59.1 Å². The van der Waals surface area contributed by atoms with E-state index in [9.17, 15) is 8.42 Å². The average Bonchev–Trinajstić information content (AvgIpc) is 3.29. The maximum atomic E-state index is 13.0. The topological polar surface area (TPSA) is 66.0 Å². The number of rotatable bonds is 6. The summed E-state index contributed by atoms with van der Waals surface area (Å²) in [6.07, 6.45) is 0. The summed E-state index contributed by atoms with van der Waals surface area (Å²) < 4.78 is 34.1. The Morgan fingerprint density at radius 2 is 1.76 bits per heavy atom. The molecule has 0 radical (unpaired) electrons. The van der Waals surface area contributed by atoms with Gasteiger partial charge in [0.25, 0.3) is 0 Å². The number of para-hydroxylation sites is 1. The molecule has 7 nitrogen and oxygen atoms in total. The van der Waals surface area contributed by atoms with E-state index in [1.165, 1.54) is 14.0 Å². The van der Waals surface area contributed by atoms with Gasteiger partial charge in [0.1, 0.15) is 5.01 Å². The number of hydrogen-bond acceptors (Lipinski definition) is 7. The van der Waals surface area contributed by atoms with Crippen LogP contribution in [0.15, 0.2) is 53.4 Å². The molecule has 2 saturated heterocycles. The number of thiazole rings is 1. The molecule has 2 aromatic carbocycles. The number of benzene rings is 2. The Bertz CT molecular complexity index is 1170. The first-order valence-corrected chi connectivity index (χ1v) is 13.7. The second kappa shape index (κ2) is 9.77. The van der Waals surface area contributed by atoms with Crippen LogP contribution in [0, 0.1) is 0 Å². The van der Waals surface area contributed by atoms with E-state index in [2.05, 4.69) is 34.9 Å². The van der Waals surface area contributed by atoms with Crippen LogP contribution >= 0.6 is 11.3 Å². The fraction of sp³-hybridized carbons (Fsp3) is 0.458. The van der Waals surface area contributed by atoms with Crippen LogP contribution in [-0.4, -0.2) is 80.0 Å². The van der Waals surface area contributed by atoms with Crippen molar-refractivity contribution in [1.82, 2.24) is 19.1 Å². The summed E-state index contributed by atoms with van der Waals surface area (Å²) in [4.78, 5) is 10.1. The van der Waals surface area contributed by atoms with Gasteiger partial charge in [0.05, 0.1) is 34.4 Å². The highest BCUT2D eigenvalue weighted by Gasteiger charge is 2.27. The first-order chi connectivity index (χ1) is 16.0. The third-order valence-electron chi connectivity index (χ3n) is 6.53. The van der Waals surface area contributed by atoms with Crippen LogP contribution < -0.4 is 0 Å². The number of aromatic nitrogens is 1. The molecule has 3 aromatic rings. The summed E-state index contributed by atoms with van der Waals surface area (Å²) in [5.74, 6) is 0. The Kier molecular flexibility index (Phi) is 6.78. The van der Waals surface area contributed by atoms with E-state index in [0.717, 1.165) is 43.8 Å². The van der Waals surface area contributed by atoms with Crippen molar-refractivity contribution in [1.29, 1.82) is 0 Å². The third-order valence-corrected chi connectivity index (χ3v) is 9.64. The number of piperazine rings is 1. The van der Waals surface area contributed by atoms with Crippen LogP contribution in [-0.2, 0) is 21.3 Å². The Labute approximate surface area is 199 Å². The van der Waals surface area contributed by atoms with Gasteiger partial charge in [0, 0.05) is 45.8 Å². The molecular formula is C24H30N4O3S2. The van der Waals surface area contributed by atoms with Crippen molar-refractivity contribution in [2.45, 2.75) is 24.4 Å². The average molecular weight is 487 g/mol. The molecule has 0 saturated carbocycles. The van der Waals surface area contributed by atoms with Crippen molar-refractivity contribution in [2.24, 2.45) is 0 Å². The predicted octanol–water partition coefficient (Wildman–Crippen LogP) is 3.20. The lowest BCUT2D eigenvalue weighted by atomic mass is 10.2. The molecule has 33 heavy (non-hydrogen) atoms. The molecule has 2 aliphatic heterocycles. The van der Waals surface area contributed by atoms with Crippen LogP contribution in [0.5, 0.6) is 0 Å². The molecule has 0 bridgehead atoms. The van der Waals surface area contributed by atoms with Gasteiger partial charge in [0.2, 0.25) is 10.0 Å². The summed E-state index contributed by atoms with van der Waals surface area (Å²) in [5.41, 5.74) is 2.12. The number of fused-ring (bicyclic) bond motifs is 1. The number of ether oxygens (including phenoxy) is 1. The first-order valence-electron chi connectivity index (χ1n) is 11.5. The van der Waals surface area contributed by atoms with E-state index >= 15 is 0 Å². The lowest BCUT2D eigenvalue weighted by Gasteiger charge is -2.37. The number of morpholine rings is 1. The smallest absolute Gasteiger partial charge is 0.243 e. The number of nitrogens with zero attached hydrogens (tertiary/aromatic N) is 4. The molecule has 3 heterocycles. The maximum absolute atomic E-state index is 13.0. The van der Waals surface area contributed by atoms with Crippen molar-refractivity contribution in [3.63, 3.8) is 0 Å². The summed E-state index contributed by atoms with van der Waals surface area (Å²) in [6, 6.07) is 16.0. The second-order valence-corrected chi connectivity index (χ2v) is 11.7. The van der Waals surface area contributed by atoms with Gasteiger partial charge in [-0.1, -0.05) is 24.3 Å². The normalized spacial score (nSPS) is 20.3. The van der Waals surface area contributed by atoms with Crippen molar-refractivity contribution in [3.8, 4) is 0 Å². The summed E-state index contributed by atoms with van der Waals surface area (Å²) in [5, 5.41) is 1.17. The molecule has 0 aliphatic carbocycles. The van der Waals surface area contributed by atoms with Crippen molar-refractivity contribution in [2.75, 3.05) is 52.5 Å². The van der Waals surface area contributed by atoms with Crippen LogP contribution in [0.25, 0.3) is 10.2 Å². The molecule has 5 rings (SSSR count). The summed E-state index contributed by atoms with van der Waals surface area (Å²) in [6.45, 7) is 8.61. The molecule has 0 N–H and O–H groups in total. The molecule has 0 spiro atoms. The van der Waals surface area contributed by atoms with Crippen LogP contribution in [0.4, 0.5) is 0 Å². The zero-order valence-electron chi connectivity index (χ0n) is 18.9. The van der Waals surface area contributed by atoms with Gasteiger partial charge in [-0.3, -0.25) is 9.80 Å². The zero-order chi connectivity index (χ0) is 22.8. The quantitative estimate of drug-likeness (QED) is 0.533. The molecule has 1 unspecified atom stereocenters. The van der Waals surface area contributed by atoms with Crippen LogP contribution in [0.3, 0.4) is 0 Å². The Morgan fingerprint density at radius 1 is 1.00 bits per heavy atom. The minimum absolute atomic E-state index is 0.298. The van der Waals surface area contributed by atoms with Gasteiger partial charge in [-0.25, -0.2) is 13.4 Å². The summed E-state index contributed by atoms with van der Waals surface area (Å²) in [7, 11) is -3.47. The van der Waals surface area contributed by atoms with E-state index in [4.69, 9.17) is 9.72 Å². The fourth-order valence-corrected chi connectivity index (χ4v) is 7.06. The lowest BCUT2D eigenvalue weighted by molar-refractivity contribution is 0.0730. The predicted molar refractivity (Wildman–Crippen MR) is 131 cm³/mol. The molecule has 2 aliphatic rings.